The standard InChI is InChI=1S/C13H19N/c1-10-4-6-12(7-5-10)13(11(2)14)8-3-9-13/h4-7,11H,3,8-9,14H2,1-2H3. The monoisotopic (exact) mass is 189 g/mol. The minimum absolute atomic E-state index is 0.277. The van der Waals surface area contributed by atoms with Crippen molar-refractivity contribution in [3.63, 3.8) is 0 Å². The highest BCUT2D eigenvalue weighted by atomic mass is 14.7. The summed E-state index contributed by atoms with van der Waals surface area (Å²) < 4.78 is 0. The van der Waals surface area contributed by atoms with Crippen LogP contribution in [0.3, 0.4) is 0 Å². The summed E-state index contributed by atoms with van der Waals surface area (Å²) in [4.78, 5) is 0. The van der Waals surface area contributed by atoms with Crippen LogP contribution in [0.5, 0.6) is 0 Å². The lowest BCUT2D eigenvalue weighted by molar-refractivity contribution is 0.205. The Morgan fingerprint density at radius 2 is 1.79 bits per heavy atom. The van der Waals surface area contributed by atoms with Gasteiger partial charge in [-0.1, -0.05) is 36.2 Å². The van der Waals surface area contributed by atoms with Gasteiger partial charge in [-0.25, -0.2) is 0 Å². The van der Waals surface area contributed by atoms with Crippen LogP contribution >= 0.6 is 0 Å². The highest BCUT2D eigenvalue weighted by Gasteiger charge is 2.41. The smallest absolute Gasteiger partial charge is 0.0108 e. The molecule has 2 N–H and O–H groups in total. The molecular formula is C13H19N. The van der Waals surface area contributed by atoms with Crippen molar-refractivity contribution in [2.75, 3.05) is 0 Å². The van der Waals surface area contributed by atoms with Crippen LogP contribution in [0.2, 0.25) is 0 Å². The minimum Gasteiger partial charge on any atom is -0.327 e. The number of nitrogens with two attached hydrogens (primary N) is 1. The predicted octanol–water partition coefficient (Wildman–Crippen LogP) is 2.76. The second-order valence-corrected chi connectivity index (χ2v) is 4.66. The summed E-state index contributed by atoms with van der Waals surface area (Å²) in [7, 11) is 0. The maximum Gasteiger partial charge on any atom is 0.0108 e. The van der Waals surface area contributed by atoms with E-state index in [2.05, 4.69) is 38.1 Å². The fraction of sp³-hybridized carbons (Fsp3) is 0.538. The van der Waals surface area contributed by atoms with Gasteiger partial charge in [-0.3, -0.25) is 0 Å². The number of hydrogen-bond donors (Lipinski definition) is 1. The van der Waals surface area contributed by atoms with E-state index in [1.165, 1.54) is 30.4 Å². The molecule has 0 bridgehead atoms. The fourth-order valence-corrected chi connectivity index (χ4v) is 2.45. The molecule has 1 aromatic rings. The van der Waals surface area contributed by atoms with Crippen molar-refractivity contribution in [1.29, 1.82) is 0 Å². The Balaban J connectivity index is 2.32. The maximum atomic E-state index is 6.10. The van der Waals surface area contributed by atoms with Crippen LogP contribution in [0.1, 0.15) is 37.3 Å². The lowest BCUT2D eigenvalue weighted by atomic mass is 9.61. The van der Waals surface area contributed by atoms with Gasteiger partial charge in [0.05, 0.1) is 0 Å². The third kappa shape index (κ3) is 1.36. The van der Waals surface area contributed by atoms with Crippen molar-refractivity contribution in [1.82, 2.24) is 0 Å². The Hall–Kier alpha value is -0.820. The van der Waals surface area contributed by atoms with Gasteiger partial charge < -0.3 is 5.73 Å². The molecule has 76 valence electrons. The summed E-state index contributed by atoms with van der Waals surface area (Å²) >= 11 is 0. The Morgan fingerprint density at radius 3 is 2.14 bits per heavy atom. The molecule has 1 atom stereocenters. The quantitative estimate of drug-likeness (QED) is 0.760. The summed E-state index contributed by atoms with van der Waals surface area (Å²) in [6.07, 6.45) is 3.84. The van der Waals surface area contributed by atoms with Gasteiger partial charge in [0, 0.05) is 11.5 Å². The molecule has 0 spiro atoms. The van der Waals surface area contributed by atoms with Crippen molar-refractivity contribution in [3.8, 4) is 0 Å². The molecule has 0 radical (unpaired) electrons. The van der Waals surface area contributed by atoms with Gasteiger partial charge in [0.25, 0.3) is 0 Å². The number of hydrogen-bond acceptors (Lipinski definition) is 1. The molecule has 1 saturated carbocycles. The zero-order valence-electron chi connectivity index (χ0n) is 9.09. The maximum absolute atomic E-state index is 6.10. The SMILES string of the molecule is Cc1ccc(C2(C(C)N)CCC2)cc1. The van der Waals surface area contributed by atoms with Gasteiger partial charge >= 0.3 is 0 Å². The zero-order valence-corrected chi connectivity index (χ0v) is 9.09. The van der Waals surface area contributed by atoms with E-state index >= 15 is 0 Å². The van der Waals surface area contributed by atoms with E-state index in [9.17, 15) is 0 Å². The molecule has 0 aromatic heterocycles. The first-order valence-corrected chi connectivity index (χ1v) is 5.48. The van der Waals surface area contributed by atoms with Gasteiger partial charge in [0.15, 0.2) is 0 Å². The highest BCUT2D eigenvalue weighted by Crippen LogP contribution is 2.45. The van der Waals surface area contributed by atoms with E-state index in [1.54, 1.807) is 0 Å². The van der Waals surface area contributed by atoms with Crippen LogP contribution in [0, 0.1) is 6.92 Å². The van der Waals surface area contributed by atoms with Crippen molar-refractivity contribution in [2.24, 2.45) is 5.73 Å². The molecule has 0 amide bonds. The Kier molecular flexibility index (Phi) is 2.36. The Morgan fingerprint density at radius 1 is 1.21 bits per heavy atom. The highest BCUT2D eigenvalue weighted by molar-refractivity contribution is 5.32. The number of aryl methyl sites for hydroxylation is 1. The third-order valence-electron chi connectivity index (χ3n) is 3.74. The average Bonchev–Trinajstić information content (AvgIpc) is 2.05. The summed E-state index contributed by atoms with van der Waals surface area (Å²) in [5.41, 5.74) is 9.15. The number of benzene rings is 1. The largest absolute Gasteiger partial charge is 0.327 e. The van der Waals surface area contributed by atoms with E-state index in [0.29, 0.717) is 0 Å². The second kappa shape index (κ2) is 3.39. The van der Waals surface area contributed by atoms with Crippen molar-refractivity contribution in [2.45, 2.75) is 44.6 Å². The molecule has 1 unspecified atom stereocenters. The van der Waals surface area contributed by atoms with Crippen molar-refractivity contribution in [3.05, 3.63) is 35.4 Å². The minimum atomic E-state index is 0.277. The Labute approximate surface area is 86.3 Å². The normalized spacial score (nSPS) is 21.4. The van der Waals surface area contributed by atoms with E-state index in [4.69, 9.17) is 5.73 Å². The van der Waals surface area contributed by atoms with E-state index < -0.39 is 0 Å². The van der Waals surface area contributed by atoms with Crippen molar-refractivity contribution < 1.29 is 0 Å². The summed E-state index contributed by atoms with van der Waals surface area (Å²) in [5.74, 6) is 0. The topological polar surface area (TPSA) is 26.0 Å². The molecule has 0 saturated heterocycles. The van der Waals surface area contributed by atoms with Gasteiger partial charge in [0.2, 0.25) is 0 Å². The molecule has 1 heteroatoms. The molecule has 1 aromatic carbocycles. The molecule has 1 aliphatic rings. The first-order chi connectivity index (χ1) is 6.65. The molecule has 14 heavy (non-hydrogen) atoms. The molecule has 0 aliphatic heterocycles. The van der Waals surface area contributed by atoms with E-state index in [1.807, 2.05) is 0 Å². The lowest BCUT2D eigenvalue weighted by Gasteiger charge is -2.45. The molecule has 0 heterocycles. The number of rotatable bonds is 2. The predicted molar refractivity (Wildman–Crippen MR) is 60.4 cm³/mol. The molecule has 1 fully saturated rings. The van der Waals surface area contributed by atoms with Crippen molar-refractivity contribution >= 4 is 0 Å². The van der Waals surface area contributed by atoms with Gasteiger partial charge in [0.1, 0.15) is 0 Å². The van der Waals surface area contributed by atoms with E-state index in [0.717, 1.165) is 0 Å². The van der Waals surface area contributed by atoms with Gasteiger partial charge in [-0.15, -0.1) is 0 Å². The molecule has 1 aliphatic carbocycles. The fourth-order valence-electron chi connectivity index (χ4n) is 2.45. The van der Waals surface area contributed by atoms with Gasteiger partial charge in [-0.2, -0.15) is 0 Å². The second-order valence-electron chi connectivity index (χ2n) is 4.66. The third-order valence-corrected chi connectivity index (χ3v) is 3.74. The first-order valence-electron chi connectivity index (χ1n) is 5.48. The zero-order chi connectivity index (χ0) is 10.2. The summed E-state index contributed by atoms with van der Waals surface area (Å²) in [6, 6.07) is 9.16. The molecule has 2 rings (SSSR count). The molecule has 1 nitrogen and oxygen atoms in total. The van der Waals surface area contributed by atoms with Gasteiger partial charge in [-0.05, 0) is 32.3 Å². The van der Waals surface area contributed by atoms with Crippen LogP contribution in [0.15, 0.2) is 24.3 Å². The lowest BCUT2D eigenvalue weighted by Crippen LogP contribution is -2.48. The first kappa shape index (κ1) is 9.72. The van der Waals surface area contributed by atoms with Crippen LogP contribution in [0.25, 0.3) is 0 Å². The van der Waals surface area contributed by atoms with Crippen LogP contribution < -0.4 is 5.73 Å². The van der Waals surface area contributed by atoms with Crippen LogP contribution in [-0.4, -0.2) is 6.04 Å². The summed E-state index contributed by atoms with van der Waals surface area (Å²) in [5, 5.41) is 0. The molecular weight excluding hydrogens is 170 g/mol. The van der Waals surface area contributed by atoms with Crippen LogP contribution in [-0.2, 0) is 5.41 Å². The average molecular weight is 189 g/mol. The van der Waals surface area contributed by atoms with E-state index in [-0.39, 0.29) is 11.5 Å². The Bertz CT molecular complexity index is 307. The van der Waals surface area contributed by atoms with Crippen LogP contribution in [0.4, 0.5) is 0 Å². The summed E-state index contributed by atoms with van der Waals surface area (Å²) in [6.45, 7) is 4.27.